The van der Waals surface area contributed by atoms with E-state index in [4.69, 9.17) is 10.5 Å². The molecule has 3 heterocycles. The number of hydrogen-bond donors (Lipinski definition) is 2. The van der Waals surface area contributed by atoms with Crippen LogP contribution in [0.2, 0.25) is 0 Å². The molecule has 2 aromatic heterocycles. The molecule has 0 radical (unpaired) electrons. The second kappa shape index (κ2) is 5.94. The first-order chi connectivity index (χ1) is 12.0. The summed E-state index contributed by atoms with van der Waals surface area (Å²) < 4.78 is 20.5. The van der Waals surface area contributed by atoms with E-state index in [0.717, 1.165) is 15.8 Å². The van der Waals surface area contributed by atoms with Crippen LogP contribution in [-0.4, -0.2) is 52.0 Å². The van der Waals surface area contributed by atoms with Crippen molar-refractivity contribution in [3.8, 4) is 17.0 Å². The van der Waals surface area contributed by atoms with Gasteiger partial charge in [0.2, 0.25) is 10.1 Å². The van der Waals surface area contributed by atoms with Crippen LogP contribution in [0.4, 0.5) is 9.52 Å². The van der Waals surface area contributed by atoms with E-state index in [2.05, 4.69) is 10.1 Å². The zero-order valence-electron chi connectivity index (χ0n) is 13.6. The van der Waals surface area contributed by atoms with Crippen LogP contribution in [0.15, 0.2) is 24.4 Å². The number of ether oxygens (including phenoxy) is 1. The van der Waals surface area contributed by atoms with E-state index in [9.17, 15) is 9.50 Å². The molecule has 0 bridgehead atoms. The maximum Gasteiger partial charge on any atom is 0.214 e. The Morgan fingerprint density at radius 1 is 1.48 bits per heavy atom. The Bertz CT molecular complexity index is 927. The van der Waals surface area contributed by atoms with Gasteiger partial charge in [0.15, 0.2) is 0 Å². The lowest BCUT2D eigenvalue weighted by atomic mass is 10.0. The number of nitrogens with zero attached hydrogens (tertiary/aromatic N) is 4. The quantitative estimate of drug-likeness (QED) is 0.730. The largest absolute Gasteiger partial charge is 0.496 e. The average Bonchev–Trinajstić information content (AvgIpc) is 3.29. The number of hydrogen-bond acceptors (Lipinski definition) is 7. The SMILES string of the molecule is COc1cc(F)ccc1-c1cnc2sc(N3CC[C@@](O)(CN)C3)nn12. The summed E-state index contributed by atoms with van der Waals surface area (Å²) in [7, 11) is 1.50. The van der Waals surface area contributed by atoms with E-state index in [1.165, 1.54) is 30.6 Å². The van der Waals surface area contributed by atoms with E-state index in [1.807, 2.05) is 4.90 Å². The fraction of sp³-hybridized carbons (Fsp3) is 0.375. The first-order valence-electron chi connectivity index (χ1n) is 7.89. The summed E-state index contributed by atoms with van der Waals surface area (Å²) in [5.74, 6) is 0.0634. The summed E-state index contributed by atoms with van der Waals surface area (Å²) in [4.78, 5) is 7.13. The van der Waals surface area contributed by atoms with Crippen LogP contribution in [0.3, 0.4) is 0 Å². The zero-order valence-corrected chi connectivity index (χ0v) is 14.5. The van der Waals surface area contributed by atoms with Crippen LogP contribution in [-0.2, 0) is 0 Å². The molecule has 3 N–H and O–H groups in total. The molecule has 1 aromatic carbocycles. The second-order valence-corrected chi connectivity index (χ2v) is 7.10. The monoisotopic (exact) mass is 363 g/mol. The molecule has 1 fully saturated rings. The molecule has 0 aliphatic carbocycles. The van der Waals surface area contributed by atoms with Crippen molar-refractivity contribution in [2.24, 2.45) is 5.73 Å². The number of nitrogens with two attached hydrogens (primary N) is 1. The molecule has 9 heteroatoms. The van der Waals surface area contributed by atoms with E-state index in [1.54, 1.807) is 16.8 Å². The van der Waals surface area contributed by atoms with Crippen LogP contribution in [0.5, 0.6) is 5.75 Å². The van der Waals surface area contributed by atoms with Gasteiger partial charge in [0, 0.05) is 24.7 Å². The van der Waals surface area contributed by atoms with E-state index < -0.39 is 5.60 Å². The lowest BCUT2D eigenvalue weighted by molar-refractivity contribution is 0.0725. The lowest BCUT2D eigenvalue weighted by Crippen LogP contribution is -2.40. The summed E-state index contributed by atoms with van der Waals surface area (Å²) in [6.45, 7) is 1.37. The fourth-order valence-corrected chi connectivity index (χ4v) is 3.96. The van der Waals surface area contributed by atoms with Gasteiger partial charge in [-0.15, -0.1) is 5.10 Å². The molecular weight excluding hydrogens is 345 g/mol. The minimum absolute atomic E-state index is 0.226. The third-order valence-electron chi connectivity index (χ3n) is 4.50. The number of imidazole rings is 1. The molecule has 7 nitrogen and oxygen atoms in total. The molecule has 25 heavy (non-hydrogen) atoms. The van der Waals surface area contributed by atoms with E-state index in [-0.39, 0.29) is 12.4 Å². The fourth-order valence-electron chi connectivity index (χ4n) is 3.06. The van der Waals surface area contributed by atoms with Gasteiger partial charge >= 0.3 is 0 Å². The average molecular weight is 363 g/mol. The van der Waals surface area contributed by atoms with Gasteiger partial charge in [0.25, 0.3) is 0 Å². The van der Waals surface area contributed by atoms with Crippen LogP contribution < -0.4 is 15.4 Å². The molecule has 132 valence electrons. The molecule has 0 saturated carbocycles. The molecular formula is C16H18FN5O2S. The summed E-state index contributed by atoms with van der Waals surface area (Å²) >= 11 is 1.44. The Labute approximate surface area is 147 Å². The van der Waals surface area contributed by atoms with Crippen molar-refractivity contribution in [3.05, 3.63) is 30.2 Å². The molecule has 1 saturated heterocycles. The van der Waals surface area contributed by atoms with Crippen molar-refractivity contribution in [1.29, 1.82) is 0 Å². The van der Waals surface area contributed by atoms with Gasteiger partial charge in [-0.05, 0) is 18.6 Å². The topological polar surface area (TPSA) is 88.9 Å². The highest BCUT2D eigenvalue weighted by molar-refractivity contribution is 7.20. The number of β-amino-alcohol motifs (C(OH)–C–C–N with tert-alkyl or cyclic N) is 1. The summed E-state index contributed by atoms with van der Waals surface area (Å²) in [6.07, 6.45) is 2.31. The summed E-state index contributed by atoms with van der Waals surface area (Å²) in [5.41, 5.74) is 6.23. The zero-order chi connectivity index (χ0) is 17.6. The van der Waals surface area contributed by atoms with E-state index in [0.29, 0.717) is 30.8 Å². The minimum Gasteiger partial charge on any atom is -0.496 e. The highest BCUT2D eigenvalue weighted by Gasteiger charge is 2.36. The predicted molar refractivity (Wildman–Crippen MR) is 93.6 cm³/mol. The molecule has 1 aliphatic rings. The molecule has 1 atom stereocenters. The number of aromatic nitrogens is 3. The van der Waals surface area contributed by atoms with Crippen molar-refractivity contribution >= 4 is 21.4 Å². The van der Waals surface area contributed by atoms with Gasteiger partial charge in [-0.3, -0.25) is 0 Å². The number of aliphatic hydroxyl groups is 1. The van der Waals surface area contributed by atoms with Gasteiger partial charge in [-0.2, -0.15) is 0 Å². The Kier molecular flexibility index (Phi) is 3.86. The van der Waals surface area contributed by atoms with Gasteiger partial charge in [-0.25, -0.2) is 13.9 Å². The Balaban J connectivity index is 1.73. The van der Waals surface area contributed by atoms with Gasteiger partial charge < -0.3 is 20.5 Å². The maximum absolute atomic E-state index is 13.4. The van der Waals surface area contributed by atoms with Crippen molar-refractivity contribution in [1.82, 2.24) is 14.6 Å². The predicted octanol–water partition coefficient (Wildman–Crippen LogP) is 1.51. The van der Waals surface area contributed by atoms with Crippen molar-refractivity contribution in [2.75, 3.05) is 31.6 Å². The lowest BCUT2D eigenvalue weighted by Gasteiger charge is -2.20. The molecule has 0 unspecified atom stereocenters. The normalized spacial score (nSPS) is 20.6. The van der Waals surface area contributed by atoms with E-state index >= 15 is 0 Å². The van der Waals surface area contributed by atoms with Crippen molar-refractivity contribution < 1.29 is 14.2 Å². The number of anilines is 1. The number of methoxy groups -OCH3 is 1. The highest BCUT2D eigenvalue weighted by Crippen LogP contribution is 2.35. The van der Waals surface area contributed by atoms with Crippen LogP contribution in [0.25, 0.3) is 16.2 Å². The summed E-state index contributed by atoms with van der Waals surface area (Å²) in [5, 5.41) is 15.7. The Morgan fingerprint density at radius 2 is 2.32 bits per heavy atom. The minimum atomic E-state index is -0.864. The van der Waals surface area contributed by atoms with Crippen molar-refractivity contribution in [3.63, 3.8) is 0 Å². The molecule has 0 spiro atoms. The Morgan fingerprint density at radius 3 is 3.04 bits per heavy atom. The van der Waals surface area contributed by atoms with Crippen LogP contribution >= 0.6 is 11.3 Å². The smallest absolute Gasteiger partial charge is 0.214 e. The number of fused-ring (bicyclic) bond motifs is 1. The van der Waals surface area contributed by atoms with Gasteiger partial charge in [0.1, 0.15) is 11.6 Å². The summed E-state index contributed by atoms with van der Waals surface area (Å²) in [6, 6.07) is 4.37. The number of rotatable bonds is 4. The van der Waals surface area contributed by atoms with Gasteiger partial charge in [-0.1, -0.05) is 11.3 Å². The van der Waals surface area contributed by atoms with Gasteiger partial charge in [0.05, 0.1) is 31.1 Å². The third kappa shape index (κ3) is 2.74. The van der Waals surface area contributed by atoms with Crippen molar-refractivity contribution in [2.45, 2.75) is 12.0 Å². The molecule has 4 rings (SSSR count). The van der Waals surface area contributed by atoms with Crippen LogP contribution in [0.1, 0.15) is 6.42 Å². The number of benzene rings is 1. The Hall–Kier alpha value is -2.23. The highest BCUT2D eigenvalue weighted by atomic mass is 32.1. The first kappa shape index (κ1) is 16.2. The maximum atomic E-state index is 13.4. The standard InChI is InChI=1S/C16H18FN5O2S/c1-24-13-6-10(17)2-3-11(13)12-7-19-14-22(12)20-15(25-14)21-5-4-16(23,8-18)9-21/h2-3,6-7,23H,4-5,8-9,18H2,1H3/t16-/m1/s1. The first-order valence-corrected chi connectivity index (χ1v) is 8.70. The number of halogens is 1. The molecule has 3 aromatic rings. The second-order valence-electron chi connectivity index (χ2n) is 6.17. The van der Waals surface area contributed by atoms with Crippen LogP contribution in [0, 0.1) is 5.82 Å². The third-order valence-corrected chi connectivity index (χ3v) is 5.48. The molecule has 1 aliphatic heterocycles. The molecule has 0 amide bonds.